The molecule has 80 valence electrons. The molecule has 0 heterocycles. The maximum Gasteiger partial charge on any atom is 0.397 e. The molecule has 0 saturated carbocycles. The summed E-state index contributed by atoms with van der Waals surface area (Å²) in [6.07, 6.45) is -5.38. The number of alkyl halides is 7. The summed E-state index contributed by atoms with van der Waals surface area (Å²) in [6.45, 7) is -0.0237. The van der Waals surface area contributed by atoms with E-state index in [1.54, 1.807) is 0 Å². The van der Waals surface area contributed by atoms with Gasteiger partial charge in [0.15, 0.2) is 0 Å². The molecule has 0 N–H and O–H groups in total. The van der Waals surface area contributed by atoms with Crippen LogP contribution in [-0.4, -0.2) is 17.4 Å². The molecular weight excluding hydrogens is 225 g/mol. The van der Waals surface area contributed by atoms with Crippen LogP contribution in [0.1, 0.15) is 6.92 Å². The zero-order valence-electron chi connectivity index (χ0n) is 6.17. The summed E-state index contributed by atoms with van der Waals surface area (Å²) in [5.74, 6) is -8.65. The second-order valence-corrected chi connectivity index (χ2v) is 2.99. The molecule has 0 bridgehead atoms. The fourth-order valence-electron chi connectivity index (χ4n) is 0.466. The van der Waals surface area contributed by atoms with Crippen LogP contribution < -0.4 is 0 Å². The smallest absolute Gasteiger partial charge is 0.198 e. The topological polar surface area (TPSA) is 0 Å². The highest BCUT2D eigenvalue weighted by atomic mass is 32.1. The van der Waals surface area contributed by atoms with Crippen molar-refractivity contribution in [1.82, 2.24) is 0 Å². The summed E-state index contributed by atoms with van der Waals surface area (Å²) in [5.41, 5.74) is 0. The zero-order valence-corrected chi connectivity index (χ0v) is 7.06. The van der Waals surface area contributed by atoms with E-state index in [0.717, 1.165) is 0 Å². The molecule has 0 spiro atoms. The van der Waals surface area contributed by atoms with Crippen molar-refractivity contribution >= 4 is 12.6 Å². The van der Waals surface area contributed by atoms with Gasteiger partial charge < -0.3 is 0 Å². The van der Waals surface area contributed by atoms with Gasteiger partial charge in [0.2, 0.25) is 0 Å². The van der Waals surface area contributed by atoms with Crippen molar-refractivity contribution in [3.05, 3.63) is 0 Å². The van der Waals surface area contributed by atoms with E-state index in [-0.39, 0.29) is 6.92 Å². The van der Waals surface area contributed by atoms with Crippen LogP contribution in [-0.2, 0) is 0 Å². The number of rotatable bonds is 2. The molecule has 0 aromatic rings. The molecule has 0 aliphatic rings. The van der Waals surface area contributed by atoms with Crippen LogP contribution in [0.15, 0.2) is 0 Å². The Hall–Kier alpha value is -0.140. The molecule has 0 aliphatic carbocycles. The second kappa shape index (κ2) is 3.21. The van der Waals surface area contributed by atoms with Crippen LogP contribution in [0, 0.1) is 5.92 Å². The lowest BCUT2D eigenvalue weighted by atomic mass is 10.0. The van der Waals surface area contributed by atoms with E-state index < -0.39 is 23.3 Å². The quantitative estimate of drug-likeness (QED) is 0.545. The maximum atomic E-state index is 12.3. The normalized spacial score (nSPS) is 17.3. The van der Waals surface area contributed by atoms with E-state index in [0.29, 0.717) is 0 Å². The molecule has 0 aromatic carbocycles. The number of thiol groups is 1. The molecule has 0 aliphatic heterocycles. The average molecular weight is 230 g/mol. The van der Waals surface area contributed by atoms with Crippen LogP contribution in [0.5, 0.6) is 0 Å². The van der Waals surface area contributed by atoms with Crippen LogP contribution in [0.3, 0.4) is 0 Å². The Morgan fingerprint density at radius 3 is 1.31 bits per heavy atom. The zero-order chi connectivity index (χ0) is 11.1. The van der Waals surface area contributed by atoms with E-state index in [2.05, 4.69) is 12.6 Å². The maximum absolute atomic E-state index is 12.3. The first-order valence-electron chi connectivity index (χ1n) is 2.95. The fourth-order valence-corrected chi connectivity index (χ4v) is 0.660. The molecule has 13 heavy (non-hydrogen) atoms. The van der Waals surface area contributed by atoms with Crippen LogP contribution in [0.25, 0.3) is 0 Å². The van der Waals surface area contributed by atoms with Gasteiger partial charge in [0.05, 0.1) is 0 Å². The molecular formula is C5H5F7S. The lowest BCUT2D eigenvalue weighted by molar-refractivity contribution is -0.274. The molecule has 0 radical (unpaired) electrons. The molecule has 8 heteroatoms. The van der Waals surface area contributed by atoms with Gasteiger partial charge in [-0.1, -0.05) is 12.6 Å². The Bertz CT molecular complexity index is 178. The molecule has 0 amide bonds. The van der Waals surface area contributed by atoms with Gasteiger partial charge in [0.1, 0.15) is 5.92 Å². The van der Waals surface area contributed by atoms with Crippen LogP contribution in [0.2, 0.25) is 0 Å². The van der Waals surface area contributed by atoms with Gasteiger partial charge >= 0.3 is 17.4 Å². The van der Waals surface area contributed by atoms with Crippen molar-refractivity contribution < 1.29 is 30.7 Å². The van der Waals surface area contributed by atoms with Crippen molar-refractivity contribution in [2.75, 3.05) is 0 Å². The van der Waals surface area contributed by atoms with Gasteiger partial charge in [0.25, 0.3) is 0 Å². The Balaban J connectivity index is 4.86. The highest BCUT2D eigenvalue weighted by Crippen LogP contribution is 2.48. The Morgan fingerprint density at radius 1 is 0.923 bits per heavy atom. The molecule has 0 fully saturated rings. The molecule has 0 rings (SSSR count). The Morgan fingerprint density at radius 2 is 1.23 bits per heavy atom. The molecule has 1 unspecified atom stereocenters. The van der Waals surface area contributed by atoms with Crippen molar-refractivity contribution in [2.45, 2.75) is 24.3 Å². The largest absolute Gasteiger partial charge is 0.397 e. The average Bonchev–Trinajstić information content (AvgIpc) is 1.81. The van der Waals surface area contributed by atoms with E-state index in [1.807, 2.05) is 0 Å². The molecule has 0 saturated heterocycles. The summed E-state index contributed by atoms with van der Waals surface area (Å²) < 4.78 is 83.2. The van der Waals surface area contributed by atoms with Crippen molar-refractivity contribution in [3.8, 4) is 0 Å². The standard InChI is InChI=1S/C5H5F7S/c1-2(4(8,9)10)3(6,7)5(11,12)13/h2,13H,1H3. The first-order valence-corrected chi connectivity index (χ1v) is 3.40. The van der Waals surface area contributed by atoms with Crippen LogP contribution >= 0.6 is 12.6 Å². The lowest BCUT2D eigenvalue weighted by Crippen LogP contribution is -2.47. The third kappa shape index (κ3) is 2.65. The third-order valence-corrected chi connectivity index (χ3v) is 1.73. The number of halogens is 7. The minimum atomic E-state index is -5.38. The van der Waals surface area contributed by atoms with Gasteiger partial charge in [-0.05, 0) is 6.92 Å². The van der Waals surface area contributed by atoms with Gasteiger partial charge in [-0.3, -0.25) is 0 Å². The van der Waals surface area contributed by atoms with E-state index in [9.17, 15) is 30.7 Å². The number of hydrogen-bond donors (Lipinski definition) is 1. The lowest BCUT2D eigenvalue weighted by Gasteiger charge is -2.29. The van der Waals surface area contributed by atoms with Crippen LogP contribution in [0.4, 0.5) is 30.7 Å². The highest BCUT2D eigenvalue weighted by molar-refractivity contribution is 7.81. The van der Waals surface area contributed by atoms with Crippen molar-refractivity contribution in [1.29, 1.82) is 0 Å². The van der Waals surface area contributed by atoms with Gasteiger partial charge in [0, 0.05) is 0 Å². The van der Waals surface area contributed by atoms with E-state index in [1.165, 1.54) is 0 Å². The predicted octanol–water partition coefficient (Wildman–Crippen LogP) is 3.34. The molecule has 1 atom stereocenters. The SMILES string of the molecule is CC(C(F)(F)F)C(F)(F)C(F)(F)S. The Labute approximate surface area is 74.5 Å². The minimum Gasteiger partial charge on any atom is -0.198 e. The van der Waals surface area contributed by atoms with Gasteiger partial charge in [-0.15, -0.1) is 0 Å². The first kappa shape index (κ1) is 12.9. The monoisotopic (exact) mass is 230 g/mol. The summed E-state index contributed by atoms with van der Waals surface area (Å²) >= 11 is 2.12. The van der Waals surface area contributed by atoms with Crippen molar-refractivity contribution in [3.63, 3.8) is 0 Å². The number of hydrogen-bond acceptors (Lipinski definition) is 1. The highest BCUT2D eigenvalue weighted by Gasteiger charge is 2.64. The van der Waals surface area contributed by atoms with Gasteiger partial charge in [-0.2, -0.15) is 30.7 Å². The van der Waals surface area contributed by atoms with E-state index in [4.69, 9.17) is 0 Å². The van der Waals surface area contributed by atoms with E-state index >= 15 is 0 Å². The summed E-state index contributed by atoms with van der Waals surface area (Å²) in [6, 6.07) is 0. The summed E-state index contributed by atoms with van der Waals surface area (Å²) in [4.78, 5) is 0. The summed E-state index contributed by atoms with van der Waals surface area (Å²) in [7, 11) is 0. The van der Waals surface area contributed by atoms with Gasteiger partial charge in [-0.25, -0.2) is 0 Å². The Kier molecular flexibility index (Phi) is 3.18. The third-order valence-electron chi connectivity index (χ3n) is 1.44. The second-order valence-electron chi connectivity index (χ2n) is 2.43. The first-order chi connectivity index (χ1) is 5.40. The predicted molar refractivity (Wildman–Crippen MR) is 34.1 cm³/mol. The molecule has 0 nitrogen and oxygen atoms in total. The fraction of sp³-hybridized carbons (Fsp3) is 1.00. The minimum absolute atomic E-state index is 0.0237. The summed E-state index contributed by atoms with van der Waals surface area (Å²) in [5, 5.41) is -4.98. The van der Waals surface area contributed by atoms with Crippen molar-refractivity contribution in [2.24, 2.45) is 5.92 Å². The molecule has 0 aromatic heterocycles.